The van der Waals surface area contributed by atoms with Gasteiger partial charge in [-0.25, -0.2) is 4.79 Å². The summed E-state index contributed by atoms with van der Waals surface area (Å²) in [5, 5.41) is 5.91. The Morgan fingerprint density at radius 1 is 1.26 bits per heavy atom. The number of anilines is 1. The Morgan fingerprint density at radius 2 is 2.11 bits per heavy atom. The van der Waals surface area contributed by atoms with Crippen molar-refractivity contribution in [1.29, 1.82) is 0 Å². The maximum absolute atomic E-state index is 11.9. The fourth-order valence-corrected chi connectivity index (χ4v) is 3.23. The van der Waals surface area contributed by atoms with Gasteiger partial charge in [0.05, 0.1) is 0 Å². The van der Waals surface area contributed by atoms with E-state index in [4.69, 9.17) is 0 Å². The van der Waals surface area contributed by atoms with Crippen LogP contribution < -0.4 is 10.6 Å². The number of fused-ring (bicyclic) bond motifs is 2. The van der Waals surface area contributed by atoms with Gasteiger partial charge < -0.3 is 10.6 Å². The van der Waals surface area contributed by atoms with Gasteiger partial charge in [-0.05, 0) is 49.1 Å². The van der Waals surface area contributed by atoms with Crippen molar-refractivity contribution in [3.63, 3.8) is 0 Å². The SMILES string of the molecule is Cc1ccccc1NC(=O)NCC1CC2C=CC1C2. The Hall–Kier alpha value is -1.77. The van der Waals surface area contributed by atoms with Crippen LogP contribution in [0.2, 0.25) is 0 Å². The molecule has 0 aromatic heterocycles. The molecule has 2 bridgehead atoms. The summed E-state index contributed by atoms with van der Waals surface area (Å²) in [5.41, 5.74) is 1.97. The highest BCUT2D eigenvalue weighted by Gasteiger charge is 2.35. The highest BCUT2D eigenvalue weighted by Crippen LogP contribution is 2.42. The summed E-state index contributed by atoms with van der Waals surface area (Å²) in [6.07, 6.45) is 7.16. The summed E-state index contributed by atoms with van der Waals surface area (Å²) in [6, 6.07) is 7.73. The molecule has 3 heteroatoms. The van der Waals surface area contributed by atoms with Crippen molar-refractivity contribution in [3.05, 3.63) is 42.0 Å². The van der Waals surface area contributed by atoms with Crippen molar-refractivity contribution in [3.8, 4) is 0 Å². The quantitative estimate of drug-likeness (QED) is 0.800. The Kier molecular flexibility index (Phi) is 3.28. The van der Waals surface area contributed by atoms with Crippen LogP contribution in [-0.2, 0) is 0 Å². The van der Waals surface area contributed by atoms with Crippen molar-refractivity contribution in [2.45, 2.75) is 19.8 Å². The van der Waals surface area contributed by atoms with Gasteiger partial charge >= 0.3 is 6.03 Å². The molecule has 1 fully saturated rings. The van der Waals surface area contributed by atoms with E-state index in [1.807, 2.05) is 31.2 Å². The van der Waals surface area contributed by atoms with E-state index in [1.165, 1.54) is 12.8 Å². The number of carbonyl (C=O) groups is 1. The molecule has 1 saturated carbocycles. The second kappa shape index (κ2) is 5.08. The zero-order chi connectivity index (χ0) is 13.2. The number of rotatable bonds is 3. The first-order valence-electron chi connectivity index (χ1n) is 7.01. The second-order valence-electron chi connectivity index (χ2n) is 5.69. The van der Waals surface area contributed by atoms with Crippen LogP contribution in [0.3, 0.4) is 0 Å². The Balaban J connectivity index is 1.50. The van der Waals surface area contributed by atoms with E-state index in [2.05, 4.69) is 22.8 Å². The third kappa shape index (κ3) is 2.65. The molecule has 2 aliphatic rings. The van der Waals surface area contributed by atoms with E-state index in [0.717, 1.165) is 23.7 Å². The lowest BCUT2D eigenvalue weighted by Crippen LogP contribution is -2.34. The molecule has 2 amide bonds. The smallest absolute Gasteiger partial charge is 0.319 e. The summed E-state index contributed by atoms with van der Waals surface area (Å²) in [5.74, 6) is 2.07. The van der Waals surface area contributed by atoms with Crippen LogP contribution in [0.25, 0.3) is 0 Å². The fraction of sp³-hybridized carbons (Fsp3) is 0.438. The van der Waals surface area contributed by atoms with Crippen molar-refractivity contribution < 1.29 is 4.79 Å². The van der Waals surface area contributed by atoms with E-state index in [-0.39, 0.29) is 6.03 Å². The zero-order valence-electron chi connectivity index (χ0n) is 11.2. The molecular weight excluding hydrogens is 236 g/mol. The van der Waals surface area contributed by atoms with Gasteiger partial charge in [-0.15, -0.1) is 0 Å². The van der Waals surface area contributed by atoms with E-state index in [0.29, 0.717) is 11.8 Å². The number of para-hydroxylation sites is 1. The number of allylic oxidation sites excluding steroid dienone is 2. The average Bonchev–Trinajstić information content (AvgIpc) is 3.01. The van der Waals surface area contributed by atoms with Gasteiger partial charge in [0, 0.05) is 12.2 Å². The first-order valence-corrected chi connectivity index (χ1v) is 7.01. The fourth-order valence-electron chi connectivity index (χ4n) is 3.23. The molecule has 0 spiro atoms. The zero-order valence-corrected chi connectivity index (χ0v) is 11.2. The lowest BCUT2D eigenvalue weighted by atomic mass is 9.94. The summed E-state index contributed by atoms with van der Waals surface area (Å²) in [4.78, 5) is 11.9. The number of nitrogens with one attached hydrogen (secondary N) is 2. The van der Waals surface area contributed by atoms with Crippen molar-refractivity contribution >= 4 is 11.7 Å². The van der Waals surface area contributed by atoms with Gasteiger partial charge in [0.2, 0.25) is 0 Å². The minimum Gasteiger partial charge on any atom is -0.338 e. The molecule has 1 aromatic carbocycles. The standard InChI is InChI=1S/C16H20N2O/c1-11-4-2-3-5-15(11)18-16(19)17-10-14-9-12-6-7-13(14)8-12/h2-7,12-14H,8-10H2,1H3,(H2,17,18,19). The van der Waals surface area contributed by atoms with Crippen LogP contribution in [0.1, 0.15) is 18.4 Å². The third-order valence-electron chi connectivity index (χ3n) is 4.33. The average molecular weight is 256 g/mol. The molecular formula is C16H20N2O. The maximum atomic E-state index is 11.9. The van der Waals surface area contributed by atoms with Crippen LogP contribution in [0.5, 0.6) is 0 Å². The molecule has 0 saturated heterocycles. The van der Waals surface area contributed by atoms with E-state index >= 15 is 0 Å². The minimum absolute atomic E-state index is 0.0962. The molecule has 3 atom stereocenters. The predicted octanol–water partition coefficient (Wildman–Crippen LogP) is 3.33. The second-order valence-corrected chi connectivity index (χ2v) is 5.69. The van der Waals surface area contributed by atoms with Gasteiger partial charge in [-0.2, -0.15) is 0 Å². The molecule has 1 aromatic rings. The minimum atomic E-state index is -0.0962. The van der Waals surface area contributed by atoms with Crippen molar-refractivity contribution in [1.82, 2.24) is 5.32 Å². The number of amides is 2. The number of carbonyl (C=O) groups excluding carboxylic acids is 1. The first-order chi connectivity index (χ1) is 9.22. The van der Waals surface area contributed by atoms with Crippen LogP contribution in [0.15, 0.2) is 36.4 Å². The van der Waals surface area contributed by atoms with Crippen molar-refractivity contribution in [2.24, 2.45) is 17.8 Å². The van der Waals surface area contributed by atoms with Gasteiger partial charge in [0.1, 0.15) is 0 Å². The summed E-state index contributed by atoms with van der Waals surface area (Å²) in [6.45, 7) is 2.78. The van der Waals surface area contributed by atoms with Gasteiger partial charge in [0.15, 0.2) is 0 Å². The molecule has 2 N–H and O–H groups in total. The predicted molar refractivity (Wildman–Crippen MR) is 77.0 cm³/mol. The number of hydrogen-bond donors (Lipinski definition) is 2. The van der Waals surface area contributed by atoms with Crippen LogP contribution in [0.4, 0.5) is 10.5 Å². The van der Waals surface area contributed by atoms with Crippen LogP contribution in [0, 0.1) is 24.7 Å². The lowest BCUT2D eigenvalue weighted by Gasteiger charge is -2.18. The molecule has 0 aliphatic heterocycles. The highest BCUT2D eigenvalue weighted by atomic mass is 16.2. The molecule has 0 heterocycles. The summed E-state index contributed by atoms with van der Waals surface area (Å²) in [7, 11) is 0. The van der Waals surface area contributed by atoms with Crippen LogP contribution in [-0.4, -0.2) is 12.6 Å². The topological polar surface area (TPSA) is 41.1 Å². The van der Waals surface area contributed by atoms with Gasteiger partial charge in [0.25, 0.3) is 0 Å². The molecule has 0 radical (unpaired) electrons. The summed E-state index contributed by atoms with van der Waals surface area (Å²) >= 11 is 0. The molecule has 3 nitrogen and oxygen atoms in total. The Labute approximate surface area is 114 Å². The monoisotopic (exact) mass is 256 g/mol. The third-order valence-corrected chi connectivity index (χ3v) is 4.33. The number of aryl methyl sites for hydroxylation is 1. The van der Waals surface area contributed by atoms with E-state index in [1.54, 1.807) is 0 Å². The number of urea groups is 1. The molecule has 100 valence electrons. The molecule has 3 unspecified atom stereocenters. The Morgan fingerprint density at radius 3 is 2.79 bits per heavy atom. The van der Waals surface area contributed by atoms with Gasteiger partial charge in [-0.3, -0.25) is 0 Å². The largest absolute Gasteiger partial charge is 0.338 e. The Bertz CT molecular complexity index is 509. The van der Waals surface area contributed by atoms with Crippen LogP contribution >= 0.6 is 0 Å². The molecule has 3 rings (SSSR count). The molecule has 19 heavy (non-hydrogen) atoms. The first kappa shape index (κ1) is 12.3. The lowest BCUT2D eigenvalue weighted by molar-refractivity contribution is 0.249. The maximum Gasteiger partial charge on any atom is 0.319 e. The van der Waals surface area contributed by atoms with Crippen molar-refractivity contribution in [2.75, 3.05) is 11.9 Å². The van der Waals surface area contributed by atoms with Gasteiger partial charge in [-0.1, -0.05) is 30.4 Å². The van der Waals surface area contributed by atoms with E-state index < -0.39 is 0 Å². The number of hydrogen-bond acceptors (Lipinski definition) is 1. The normalized spacial score (nSPS) is 27.5. The molecule has 2 aliphatic carbocycles. The van der Waals surface area contributed by atoms with E-state index in [9.17, 15) is 4.79 Å². The summed E-state index contributed by atoms with van der Waals surface area (Å²) < 4.78 is 0. The highest BCUT2D eigenvalue weighted by molar-refractivity contribution is 5.89. The number of benzene rings is 1.